The number of nitrogens with one attached hydrogen (secondary N) is 1. The number of hydrogen-bond donors (Lipinski definition) is 1. The summed E-state index contributed by atoms with van der Waals surface area (Å²) in [4.78, 5) is 0. The Kier molecular flexibility index (Phi) is 3.22. The lowest BCUT2D eigenvalue weighted by Gasteiger charge is -2.39. The van der Waals surface area contributed by atoms with Crippen LogP contribution in [0, 0.1) is 16.7 Å². The Morgan fingerprint density at radius 3 is 2.56 bits per heavy atom. The van der Waals surface area contributed by atoms with Gasteiger partial charge >= 0.3 is 0 Å². The summed E-state index contributed by atoms with van der Waals surface area (Å²) in [6.07, 6.45) is 8.62. The fraction of sp³-hybridized carbons (Fsp3) is 1.00. The van der Waals surface area contributed by atoms with Crippen LogP contribution in [0.5, 0.6) is 0 Å². The normalized spacial score (nSPS) is 46.5. The SMILES string of the molecule is CC1(C)C2CCC1(C)C(OCC1CCCCN1)C2. The highest BCUT2D eigenvalue weighted by Crippen LogP contribution is 2.66. The summed E-state index contributed by atoms with van der Waals surface area (Å²) in [5, 5.41) is 3.60. The average molecular weight is 251 g/mol. The van der Waals surface area contributed by atoms with E-state index in [2.05, 4.69) is 26.1 Å². The lowest BCUT2D eigenvalue weighted by Crippen LogP contribution is -2.42. The number of ether oxygens (including phenoxy) is 1. The molecule has 2 nitrogen and oxygen atoms in total. The van der Waals surface area contributed by atoms with Gasteiger partial charge in [0.25, 0.3) is 0 Å². The molecule has 3 fully saturated rings. The largest absolute Gasteiger partial charge is 0.376 e. The van der Waals surface area contributed by atoms with Crippen LogP contribution in [0.2, 0.25) is 0 Å². The minimum atomic E-state index is 0.423. The molecule has 0 amide bonds. The summed E-state index contributed by atoms with van der Waals surface area (Å²) < 4.78 is 6.35. The van der Waals surface area contributed by atoms with Crippen molar-refractivity contribution in [1.82, 2.24) is 5.32 Å². The molecule has 2 bridgehead atoms. The van der Waals surface area contributed by atoms with Crippen molar-refractivity contribution in [2.45, 2.75) is 71.4 Å². The van der Waals surface area contributed by atoms with Gasteiger partial charge in [0, 0.05) is 6.04 Å². The first-order valence-corrected chi connectivity index (χ1v) is 7.89. The fourth-order valence-corrected chi connectivity index (χ4v) is 4.68. The van der Waals surface area contributed by atoms with E-state index in [1.807, 2.05) is 0 Å². The van der Waals surface area contributed by atoms with E-state index in [1.165, 1.54) is 45.1 Å². The zero-order valence-electron chi connectivity index (χ0n) is 12.3. The van der Waals surface area contributed by atoms with Crippen molar-refractivity contribution >= 4 is 0 Å². The van der Waals surface area contributed by atoms with Gasteiger partial charge in [-0.3, -0.25) is 0 Å². The predicted octanol–water partition coefficient (Wildman–Crippen LogP) is 3.36. The standard InChI is InChI=1S/C16H29NO/c1-15(2)12-7-8-16(15,3)14(10-12)18-11-13-6-4-5-9-17-13/h12-14,17H,4-11H2,1-3H3. The van der Waals surface area contributed by atoms with Crippen molar-refractivity contribution < 1.29 is 4.74 Å². The molecule has 3 rings (SSSR count). The van der Waals surface area contributed by atoms with Crippen LogP contribution in [-0.2, 0) is 4.74 Å². The van der Waals surface area contributed by atoms with Crippen molar-refractivity contribution in [2.75, 3.05) is 13.2 Å². The molecule has 1 heterocycles. The summed E-state index contributed by atoms with van der Waals surface area (Å²) in [7, 11) is 0. The molecule has 0 aromatic heterocycles. The van der Waals surface area contributed by atoms with Crippen molar-refractivity contribution in [3.63, 3.8) is 0 Å². The van der Waals surface area contributed by atoms with Crippen LogP contribution in [0.25, 0.3) is 0 Å². The maximum Gasteiger partial charge on any atom is 0.0637 e. The van der Waals surface area contributed by atoms with Crippen molar-refractivity contribution in [2.24, 2.45) is 16.7 Å². The lowest BCUT2D eigenvalue weighted by atomic mass is 9.70. The minimum Gasteiger partial charge on any atom is -0.376 e. The smallest absolute Gasteiger partial charge is 0.0637 e. The van der Waals surface area contributed by atoms with Crippen LogP contribution >= 0.6 is 0 Å². The van der Waals surface area contributed by atoms with Gasteiger partial charge in [-0.05, 0) is 55.4 Å². The summed E-state index contributed by atoms with van der Waals surface area (Å²) >= 11 is 0. The second kappa shape index (κ2) is 4.49. The molecule has 1 aliphatic heterocycles. The van der Waals surface area contributed by atoms with Crippen LogP contribution in [0.15, 0.2) is 0 Å². The van der Waals surface area contributed by atoms with Crippen molar-refractivity contribution in [1.29, 1.82) is 0 Å². The third kappa shape index (κ3) is 1.84. The fourth-order valence-electron chi connectivity index (χ4n) is 4.68. The van der Waals surface area contributed by atoms with E-state index in [4.69, 9.17) is 4.74 Å². The first-order chi connectivity index (χ1) is 8.54. The van der Waals surface area contributed by atoms with Gasteiger partial charge in [0.1, 0.15) is 0 Å². The molecule has 1 N–H and O–H groups in total. The molecule has 1 saturated heterocycles. The third-order valence-electron chi connectivity index (χ3n) is 6.62. The van der Waals surface area contributed by atoms with Gasteiger partial charge in [-0.25, -0.2) is 0 Å². The molecule has 2 heteroatoms. The van der Waals surface area contributed by atoms with E-state index >= 15 is 0 Å². The number of rotatable bonds is 3. The van der Waals surface area contributed by atoms with Gasteiger partial charge in [-0.15, -0.1) is 0 Å². The van der Waals surface area contributed by atoms with E-state index in [9.17, 15) is 0 Å². The Morgan fingerprint density at radius 2 is 2.00 bits per heavy atom. The quantitative estimate of drug-likeness (QED) is 0.830. The Labute approximate surface area is 112 Å². The van der Waals surface area contributed by atoms with Gasteiger partial charge in [-0.2, -0.15) is 0 Å². The molecule has 4 unspecified atom stereocenters. The molecule has 104 valence electrons. The Balaban J connectivity index is 1.58. The molecular formula is C16H29NO. The van der Waals surface area contributed by atoms with Crippen LogP contribution in [0.3, 0.4) is 0 Å². The summed E-state index contributed by atoms with van der Waals surface area (Å²) in [5.74, 6) is 0.895. The average Bonchev–Trinajstić information content (AvgIpc) is 2.70. The predicted molar refractivity (Wildman–Crippen MR) is 74.6 cm³/mol. The summed E-state index contributed by atoms with van der Waals surface area (Å²) in [6, 6.07) is 0.615. The molecule has 3 aliphatic rings. The topological polar surface area (TPSA) is 21.3 Å². The number of hydrogen-bond acceptors (Lipinski definition) is 2. The second-order valence-corrected chi connectivity index (χ2v) is 7.58. The van der Waals surface area contributed by atoms with Crippen molar-refractivity contribution in [3.05, 3.63) is 0 Å². The third-order valence-corrected chi connectivity index (χ3v) is 6.62. The molecular weight excluding hydrogens is 222 g/mol. The van der Waals surface area contributed by atoms with Crippen LogP contribution in [0.1, 0.15) is 59.3 Å². The van der Waals surface area contributed by atoms with Crippen LogP contribution in [0.4, 0.5) is 0 Å². The van der Waals surface area contributed by atoms with Gasteiger partial charge in [0.2, 0.25) is 0 Å². The van der Waals surface area contributed by atoms with Gasteiger partial charge in [-0.1, -0.05) is 27.2 Å². The molecule has 2 aliphatic carbocycles. The first-order valence-electron chi connectivity index (χ1n) is 7.89. The van der Waals surface area contributed by atoms with E-state index in [1.54, 1.807) is 0 Å². The number of piperidine rings is 1. The Morgan fingerprint density at radius 1 is 1.17 bits per heavy atom. The monoisotopic (exact) mass is 251 g/mol. The lowest BCUT2D eigenvalue weighted by molar-refractivity contribution is -0.0551. The molecule has 0 spiro atoms. The molecule has 4 atom stereocenters. The summed E-state index contributed by atoms with van der Waals surface area (Å²) in [5.41, 5.74) is 0.907. The highest BCUT2D eigenvalue weighted by atomic mass is 16.5. The molecule has 0 aromatic rings. The van der Waals surface area contributed by atoms with Gasteiger partial charge in [0.05, 0.1) is 12.7 Å². The van der Waals surface area contributed by atoms with E-state index in [-0.39, 0.29) is 0 Å². The van der Waals surface area contributed by atoms with E-state index in [0.29, 0.717) is 23.0 Å². The van der Waals surface area contributed by atoms with Crippen molar-refractivity contribution in [3.8, 4) is 0 Å². The summed E-state index contributed by atoms with van der Waals surface area (Å²) in [6.45, 7) is 9.52. The van der Waals surface area contributed by atoms with E-state index in [0.717, 1.165) is 12.5 Å². The highest BCUT2D eigenvalue weighted by molar-refractivity contribution is 5.11. The maximum atomic E-state index is 6.35. The first kappa shape index (κ1) is 12.9. The van der Waals surface area contributed by atoms with Gasteiger partial charge < -0.3 is 10.1 Å². The second-order valence-electron chi connectivity index (χ2n) is 7.58. The maximum absolute atomic E-state index is 6.35. The van der Waals surface area contributed by atoms with Crippen LogP contribution in [-0.4, -0.2) is 25.3 Å². The molecule has 2 saturated carbocycles. The molecule has 18 heavy (non-hydrogen) atoms. The van der Waals surface area contributed by atoms with Crippen LogP contribution < -0.4 is 5.32 Å². The highest BCUT2D eigenvalue weighted by Gasteiger charge is 2.61. The zero-order chi connectivity index (χ0) is 12.8. The number of fused-ring (bicyclic) bond motifs is 2. The zero-order valence-corrected chi connectivity index (χ0v) is 12.3. The van der Waals surface area contributed by atoms with E-state index < -0.39 is 0 Å². The minimum absolute atomic E-state index is 0.423. The van der Waals surface area contributed by atoms with Gasteiger partial charge in [0.15, 0.2) is 0 Å². The Hall–Kier alpha value is -0.0800. The molecule has 0 aromatic carbocycles. The molecule has 0 radical (unpaired) electrons. The Bertz CT molecular complexity index is 308.